The molecule has 1 aromatic rings. The summed E-state index contributed by atoms with van der Waals surface area (Å²) in [6, 6.07) is 7.05. The number of nitrogens with one attached hydrogen (secondary N) is 2. The van der Waals surface area contributed by atoms with Gasteiger partial charge in [0.25, 0.3) is 0 Å². The smallest absolute Gasteiger partial charge is 0.242 e. The summed E-state index contributed by atoms with van der Waals surface area (Å²) < 4.78 is 0. The molecule has 2 N–H and O–H groups in total. The Bertz CT molecular complexity index is 569. The first kappa shape index (κ1) is 14.4. The maximum atomic E-state index is 12.6. The lowest BCUT2D eigenvalue weighted by molar-refractivity contribution is -0.130. The average Bonchev–Trinajstić information content (AvgIpc) is 3.27. The van der Waals surface area contributed by atoms with Crippen molar-refractivity contribution in [3.63, 3.8) is 0 Å². The molecule has 0 bridgehead atoms. The van der Waals surface area contributed by atoms with E-state index in [1.807, 2.05) is 18.2 Å². The molecule has 1 aromatic carbocycles. The van der Waals surface area contributed by atoms with Crippen LogP contribution in [0.2, 0.25) is 5.02 Å². The summed E-state index contributed by atoms with van der Waals surface area (Å²) in [5.74, 6) is -0.116. The summed E-state index contributed by atoms with van der Waals surface area (Å²) in [6.07, 6.45) is 4.26. The molecule has 2 amide bonds. The van der Waals surface area contributed by atoms with E-state index in [9.17, 15) is 9.59 Å². The first-order chi connectivity index (χ1) is 10.1. The quantitative estimate of drug-likeness (QED) is 0.899. The van der Waals surface area contributed by atoms with Crippen LogP contribution in [0.3, 0.4) is 0 Å². The highest BCUT2D eigenvalue weighted by molar-refractivity contribution is 6.30. The van der Waals surface area contributed by atoms with Crippen molar-refractivity contribution >= 4 is 23.4 Å². The van der Waals surface area contributed by atoms with Gasteiger partial charge in [0, 0.05) is 11.6 Å². The summed E-state index contributed by atoms with van der Waals surface area (Å²) in [6.45, 7) is 0.699. The van der Waals surface area contributed by atoms with E-state index in [0.29, 0.717) is 18.0 Å². The summed E-state index contributed by atoms with van der Waals surface area (Å²) in [5, 5.41) is 6.42. The Labute approximate surface area is 129 Å². The minimum Gasteiger partial charge on any atom is -0.354 e. The molecule has 21 heavy (non-hydrogen) atoms. The highest BCUT2D eigenvalue weighted by atomic mass is 35.5. The molecule has 0 radical (unpaired) electrons. The molecular weight excluding hydrogens is 288 g/mol. The number of carbonyl (C=O) groups excluding carboxylic acids is 2. The van der Waals surface area contributed by atoms with Crippen LogP contribution in [-0.2, 0) is 15.0 Å². The van der Waals surface area contributed by atoms with Crippen molar-refractivity contribution in [2.24, 2.45) is 0 Å². The van der Waals surface area contributed by atoms with Gasteiger partial charge in [-0.15, -0.1) is 0 Å². The maximum absolute atomic E-state index is 12.6. The van der Waals surface area contributed by atoms with Crippen molar-refractivity contribution < 1.29 is 9.59 Å². The number of hydrogen-bond donors (Lipinski definition) is 2. The van der Waals surface area contributed by atoms with E-state index in [0.717, 1.165) is 31.2 Å². The second-order valence-corrected chi connectivity index (χ2v) is 6.34. The Morgan fingerprint density at radius 2 is 2.14 bits per heavy atom. The molecule has 1 saturated heterocycles. The third kappa shape index (κ3) is 2.91. The largest absolute Gasteiger partial charge is 0.354 e. The lowest BCUT2D eigenvalue weighted by Crippen LogP contribution is -2.48. The minimum atomic E-state index is -0.489. The maximum Gasteiger partial charge on any atom is 0.242 e. The number of rotatable bonds is 3. The molecule has 2 aliphatic rings. The van der Waals surface area contributed by atoms with Gasteiger partial charge in [0.1, 0.15) is 6.04 Å². The van der Waals surface area contributed by atoms with Crippen LogP contribution in [0, 0.1) is 0 Å². The second-order valence-electron chi connectivity index (χ2n) is 5.91. The normalized spacial score (nSPS) is 23.9. The minimum absolute atomic E-state index is 0.0492. The molecule has 2 fully saturated rings. The Morgan fingerprint density at radius 3 is 2.86 bits per heavy atom. The molecular formula is C16H19ClN2O2. The monoisotopic (exact) mass is 306 g/mol. The molecule has 0 spiro atoms. The fourth-order valence-corrected chi connectivity index (χ4v) is 3.12. The van der Waals surface area contributed by atoms with Crippen LogP contribution >= 0.6 is 11.6 Å². The van der Waals surface area contributed by atoms with Crippen LogP contribution in [0.1, 0.15) is 37.7 Å². The molecule has 1 unspecified atom stereocenters. The van der Waals surface area contributed by atoms with Gasteiger partial charge in [-0.1, -0.05) is 23.7 Å². The van der Waals surface area contributed by atoms with Gasteiger partial charge in [0.2, 0.25) is 11.8 Å². The van der Waals surface area contributed by atoms with E-state index in [-0.39, 0.29) is 11.8 Å². The van der Waals surface area contributed by atoms with Crippen LogP contribution in [0.15, 0.2) is 24.3 Å². The van der Waals surface area contributed by atoms with Crippen molar-refractivity contribution in [2.75, 3.05) is 6.54 Å². The number of carbonyl (C=O) groups is 2. The lowest BCUT2D eigenvalue weighted by Gasteiger charge is -2.21. The van der Waals surface area contributed by atoms with Crippen molar-refractivity contribution in [3.8, 4) is 0 Å². The molecule has 112 valence electrons. The topological polar surface area (TPSA) is 58.2 Å². The van der Waals surface area contributed by atoms with Crippen LogP contribution in [0.5, 0.6) is 0 Å². The predicted octanol–water partition coefficient (Wildman–Crippen LogP) is 2.16. The van der Waals surface area contributed by atoms with Gasteiger partial charge in [0.05, 0.1) is 5.41 Å². The van der Waals surface area contributed by atoms with Gasteiger partial charge in [-0.3, -0.25) is 9.59 Å². The molecule has 1 aliphatic carbocycles. The Morgan fingerprint density at radius 1 is 1.33 bits per heavy atom. The molecule has 1 atom stereocenters. The van der Waals surface area contributed by atoms with Crippen LogP contribution in [-0.4, -0.2) is 24.4 Å². The van der Waals surface area contributed by atoms with E-state index in [2.05, 4.69) is 10.6 Å². The third-order valence-corrected chi connectivity index (χ3v) is 4.64. The first-order valence-electron chi connectivity index (χ1n) is 7.46. The summed E-state index contributed by atoms with van der Waals surface area (Å²) in [5.41, 5.74) is 0.457. The fourth-order valence-electron chi connectivity index (χ4n) is 2.93. The predicted molar refractivity (Wildman–Crippen MR) is 81.2 cm³/mol. The molecule has 3 rings (SSSR count). The highest BCUT2D eigenvalue weighted by Crippen LogP contribution is 2.49. The van der Waals surface area contributed by atoms with Crippen LogP contribution in [0.25, 0.3) is 0 Å². The van der Waals surface area contributed by atoms with E-state index < -0.39 is 11.5 Å². The van der Waals surface area contributed by atoms with Crippen molar-refractivity contribution in [1.29, 1.82) is 0 Å². The third-order valence-electron chi connectivity index (χ3n) is 4.40. The van der Waals surface area contributed by atoms with Crippen molar-refractivity contribution in [2.45, 2.75) is 43.6 Å². The summed E-state index contributed by atoms with van der Waals surface area (Å²) in [7, 11) is 0. The Balaban J connectivity index is 1.74. The van der Waals surface area contributed by atoms with Gasteiger partial charge < -0.3 is 10.6 Å². The molecule has 1 saturated carbocycles. The highest BCUT2D eigenvalue weighted by Gasteiger charge is 2.52. The van der Waals surface area contributed by atoms with Gasteiger partial charge in [-0.2, -0.15) is 0 Å². The first-order valence-corrected chi connectivity index (χ1v) is 7.84. The zero-order chi connectivity index (χ0) is 14.9. The van der Waals surface area contributed by atoms with E-state index in [4.69, 9.17) is 11.6 Å². The van der Waals surface area contributed by atoms with E-state index in [1.165, 1.54) is 0 Å². The van der Waals surface area contributed by atoms with Gasteiger partial charge in [-0.25, -0.2) is 0 Å². The molecule has 4 nitrogen and oxygen atoms in total. The van der Waals surface area contributed by atoms with E-state index >= 15 is 0 Å². The van der Waals surface area contributed by atoms with Gasteiger partial charge >= 0.3 is 0 Å². The lowest BCUT2D eigenvalue weighted by atomic mass is 9.94. The number of benzene rings is 1. The van der Waals surface area contributed by atoms with Crippen LogP contribution < -0.4 is 10.6 Å². The zero-order valence-corrected chi connectivity index (χ0v) is 12.6. The standard InChI is InChI=1S/C16H19ClN2O2/c17-12-5-3-4-11(10-12)16(7-8-16)15(21)19-13-6-1-2-9-18-14(13)20/h3-5,10,13H,1-2,6-9H2,(H,18,20)(H,19,21). The van der Waals surface area contributed by atoms with Gasteiger partial charge in [0.15, 0.2) is 0 Å². The average molecular weight is 307 g/mol. The number of amides is 2. The molecule has 5 heteroatoms. The second kappa shape index (κ2) is 5.68. The molecule has 1 heterocycles. The SMILES string of the molecule is O=C1NCCCCC1NC(=O)C1(c2cccc(Cl)c2)CC1. The number of halogens is 1. The summed E-state index contributed by atoms with van der Waals surface area (Å²) in [4.78, 5) is 24.6. The summed E-state index contributed by atoms with van der Waals surface area (Å²) >= 11 is 6.02. The van der Waals surface area contributed by atoms with Crippen LogP contribution in [0.4, 0.5) is 0 Å². The zero-order valence-electron chi connectivity index (χ0n) is 11.8. The Kier molecular flexibility index (Phi) is 3.89. The van der Waals surface area contributed by atoms with Gasteiger partial charge in [-0.05, 0) is 49.8 Å². The van der Waals surface area contributed by atoms with E-state index in [1.54, 1.807) is 6.07 Å². The van der Waals surface area contributed by atoms with Crippen molar-refractivity contribution in [1.82, 2.24) is 10.6 Å². The van der Waals surface area contributed by atoms with Crippen molar-refractivity contribution in [3.05, 3.63) is 34.9 Å². The number of hydrogen-bond acceptors (Lipinski definition) is 2. The fraction of sp³-hybridized carbons (Fsp3) is 0.500. The molecule has 0 aromatic heterocycles. The Hall–Kier alpha value is -1.55. The molecule has 1 aliphatic heterocycles.